The zero-order chi connectivity index (χ0) is 15.7. The molecule has 0 spiro atoms. The van der Waals surface area contributed by atoms with Gasteiger partial charge in [-0.25, -0.2) is 21.9 Å². The molecule has 1 atom stereocenters. The summed E-state index contributed by atoms with van der Waals surface area (Å²) in [6.45, 7) is 0. The summed E-state index contributed by atoms with van der Waals surface area (Å²) in [4.78, 5) is -0.397. The second kappa shape index (κ2) is 5.78. The fraction of sp³-hybridized carbons (Fsp3) is 0.250. The monoisotopic (exact) mass is 323 g/mol. The van der Waals surface area contributed by atoms with Crippen LogP contribution < -0.4 is 4.72 Å². The number of halogens is 2. The Morgan fingerprint density at radius 3 is 2.14 bits per heavy atom. The highest BCUT2D eigenvalue weighted by molar-refractivity contribution is 7.89. The minimum absolute atomic E-state index is 0.218. The van der Waals surface area contributed by atoms with Gasteiger partial charge in [0, 0.05) is 12.1 Å². The van der Waals surface area contributed by atoms with Crippen molar-refractivity contribution in [3.8, 4) is 0 Å². The Bertz CT molecular complexity index is 754. The lowest BCUT2D eigenvalue weighted by Crippen LogP contribution is -2.30. The van der Waals surface area contributed by atoms with Crippen molar-refractivity contribution < 1.29 is 17.2 Å². The van der Waals surface area contributed by atoms with Gasteiger partial charge in [0.05, 0.1) is 4.90 Å². The number of hydrogen-bond donors (Lipinski definition) is 1. The molecule has 0 aliphatic heterocycles. The maximum absolute atomic E-state index is 13.3. The SMILES string of the molecule is O=S(=O)(N[C@@H](c1ccccc1)C1CC1)c1cc(F)cc(F)c1. The first-order valence-electron chi connectivity index (χ1n) is 6.99. The maximum Gasteiger partial charge on any atom is 0.241 e. The van der Waals surface area contributed by atoms with Crippen LogP contribution in [0.1, 0.15) is 24.4 Å². The Morgan fingerprint density at radius 1 is 1.00 bits per heavy atom. The van der Waals surface area contributed by atoms with E-state index in [0.717, 1.165) is 30.5 Å². The van der Waals surface area contributed by atoms with Crippen molar-refractivity contribution in [2.45, 2.75) is 23.8 Å². The van der Waals surface area contributed by atoms with Crippen molar-refractivity contribution >= 4 is 10.0 Å². The highest BCUT2D eigenvalue weighted by Gasteiger charge is 2.35. The molecule has 1 saturated carbocycles. The Kier molecular flexibility index (Phi) is 3.97. The van der Waals surface area contributed by atoms with Gasteiger partial charge >= 0.3 is 0 Å². The third-order valence-corrected chi connectivity index (χ3v) is 5.10. The molecule has 1 aliphatic carbocycles. The van der Waals surface area contributed by atoms with Gasteiger partial charge < -0.3 is 0 Å². The molecule has 3 nitrogen and oxygen atoms in total. The van der Waals surface area contributed by atoms with Crippen LogP contribution in [-0.2, 0) is 10.0 Å². The molecular weight excluding hydrogens is 308 g/mol. The second-order valence-electron chi connectivity index (χ2n) is 5.45. The lowest BCUT2D eigenvalue weighted by atomic mass is 10.0. The number of sulfonamides is 1. The summed E-state index contributed by atoms with van der Waals surface area (Å²) in [7, 11) is -3.99. The van der Waals surface area contributed by atoms with Crippen LogP contribution in [0.25, 0.3) is 0 Å². The summed E-state index contributed by atoms with van der Waals surface area (Å²) in [5.74, 6) is -1.61. The number of rotatable bonds is 5. The summed E-state index contributed by atoms with van der Waals surface area (Å²) < 4.78 is 53.9. The molecule has 0 heterocycles. The lowest BCUT2D eigenvalue weighted by Gasteiger charge is -2.19. The van der Waals surface area contributed by atoms with Crippen LogP contribution in [0.5, 0.6) is 0 Å². The van der Waals surface area contributed by atoms with Crippen molar-refractivity contribution in [3.63, 3.8) is 0 Å². The summed E-state index contributed by atoms with van der Waals surface area (Å²) in [5.41, 5.74) is 0.852. The molecule has 116 valence electrons. The van der Waals surface area contributed by atoms with E-state index in [1.54, 1.807) is 0 Å². The van der Waals surface area contributed by atoms with E-state index >= 15 is 0 Å². The minimum Gasteiger partial charge on any atom is -0.207 e. The number of hydrogen-bond acceptors (Lipinski definition) is 2. The average Bonchev–Trinajstić information content (AvgIpc) is 3.29. The summed E-state index contributed by atoms with van der Waals surface area (Å²) in [5, 5.41) is 0. The van der Waals surface area contributed by atoms with Gasteiger partial charge in [0.25, 0.3) is 0 Å². The quantitative estimate of drug-likeness (QED) is 0.917. The molecule has 0 amide bonds. The summed E-state index contributed by atoms with van der Waals surface area (Å²) >= 11 is 0. The van der Waals surface area contributed by atoms with E-state index in [9.17, 15) is 17.2 Å². The van der Waals surface area contributed by atoms with Crippen LogP contribution in [-0.4, -0.2) is 8.42 Å². The van der Waals surface area contributed by atoms with E-state index in [2.05, 4.69) is 4.72 Å². The van der Waals surface area contributed by atoms with Gasteiger partial charge in [-0.1, -0.05) is 30.3 Å². The summed E-state index contributed by atoms with van der Waals surface area (Å²) in [6.07, 6.45) is 1.86. The van der Waals surface area contributed by atoms with E-state index in [4.69, 9.17) is 0 Å². The Labute approximate surface area is 128 Å². The van der Waals surface area contributed by atoms with Crippen molar-refractivity contribution in [2.24, 2.45) is 5.92 Å². The number of benzene rings is 2. The molecule has 0 unspecified atom stereocenters. The smallest absolute Gasteiger partial charge is 0.207 e. The van der Waals surface area contributed by atoms with Crippen molar-refractivity contribution in [1.29, 1.82) is 0 Å². The van der Waals surface area contributed by atoms with E-state index < -0.39 is 26.6 Å². The lowest BCUT2D eigenvalue weighted by molar-refractivity contribution is 0.524. The molecule has 1 aliphatic rings. The van der Waals surface area contributed by atoms with E-state index in [1.807, 2.05) is 30.3 Å². The van der Waals surface area contributed by atoms with E-state index in [-0.39, 0.29) is 12.0 Å². The predicted octanol–water partition coefficient (Wildman–Crippen LogP) is 3.39. The molecule has 2 aromatic rings. The predicted molar refractivity (Wildman–Crippen MR) is 78.6 cm³/mol. The van der Waals surface area contributed by atoms with Crippen molar-refractivity contribution in [2.75, 3.05) is 0 Å². The average molecular weight is 323 g/mol. The maximum atomic E-state index is 13.3. The van der Waals surface area contributed by atoms with Gasteiger partial charge in [0.2, 0.25) is 10.0 Å². The standard InChI is InChI=1S/C16H15F2NO2S/c17-13-8-14(18)10-15(9-13)22(20,21)19-16(12-6-7-12)11-4-2-1-3-5-11/h1-5,8-10,12,16,19H,6-7H2/t16-/m0/s1. The highest BCUT2D eigenvalue weighted by atomic mass is 32.2. The largest absolute Gasteiger partial charge is 0.241 e. The first kappa shape index (κ1) is 15.1. The molecule has 1 fully saturated rings. The first-order valence-corrected chi connectivity index (χ1v) is 8.47. The van der Waals surface area contributed by atoms with Crippen molar-refractivity contribution in [3.05, 3.63) is 65.7 Å². The first-order chi connectivity index (χ1) is 10.5. The molecule has 22 heavy (non-hydrogen) atoms. The van der Waals surface area contributed by atoms with Gasteiger partial charge in [-0.2, -0.15) is 0 Å². The zero-order valence-corrected chi connectivity index (χ0v) is 12.5. The fourth-order valence-corrected chi connectivity index (χ4v) is 3.78. The molecule has 0 aromatic heterocycles. The molecule has 1 N–H and O–H groups in total. The van der Waals surface area contributed by atoms with E-state index in [0.29, 0.717) is 6.07 Å². The van der Waals surface area contributed by atoms with E-state index in [1.165, 1.54) is 0 Å². The molecule has 0 radical (unpaired) electrons. The summed E-state index contributed by atoms with van der Waals surface area (Å²) in [6, 6.07) is 11.1. The molecule has 3 rings (SSSR count). The van der Waals surface area contributed by atoms with Crippen molar-refractivity contribution in [1.82, 2.24) is 4.72 Å². The van der Waals surface area contributed by atoms with Gasteiger partial charge in [-0.3, -0.25) is 0 Å². The van der Waals surface area contributed by atoms with Gasteiger partial charge in [0.15, 0.2) is 0 Å². The Morgan fingerprint density at radius 2 is 1.59 bits per heavy atom. The van der Waals surface area contributed by atoms with Crippen LogP contribution in [0.2, 0.25) is 0 Å². The molecule has 2 aromatic carbocycles. The normalized spacial score (nSPS) is 16.5. The molecule has 0 bridgehead atoms. The second-order valence-corrected chi connectivity index (χ2v) is 7.17. The van der Waals surface area contributed by atoms with Crippen LogP contribution in [0.15, 0.2) is 53.4 Å². The van der Waals surface area contributed by atoms with Crippen LogP contribution in [0, 0.1) is 17.6 Å². The molecule has 0 saturated heterocycles. The van der Waals surface area contributed by atoms with Gasteiger partial charge in [-0.05, 0) is 36.5 Å². The third kappa shape index (κ3) is 3.34. The zero-order valence-electron chi connectivity index (χ0n) is 11.7. The Hall–Kier alpha value is -1.79. The molecular formula is C16H15F2NO2S. The van der Waals surface area contributed by atoms with Gasteiger partial charge in [-0.15, -0.1) is 0 Å². The van der Waals surface area contributed by atoms with Crippen LogP contribution in [0.3, 0.4) is 0 Å². The molecule has 6 heteroatoms. The topological polar surface area (TPSA) is 46.2 Å². The fourth-order valence-electron chi connectivity index (χ4n) is 2.45. The minimum atomic E-state index is -3.99. The Balaban J connectivity index is 1.92. The van der Waals surface area contributed by atoms with Crippen LogP contribution in [0.4, 0.5) is 8.78 Å². The van der Waals surface area contributed by atoms with Gasteiger partial charge in [0.1, 0.15) is 11.6 Å². The highest BCUT2D eigenvalue weighted by Crippen LogP contribution is 2.41. The van der Waals surface area contributed by atoms with Crippen LogP contribution >= 0.6 is 0 Å². The third-order valence-electron chi connectivity index (χ3n) is 3.68. The number of nitrogens with one attached hydrogen (secondary N) is 1.